The standard InChI is InChI=1S/C20H30N4/c1-6-24-22-19(21-23-24)12-11-18(20(3,4)5)16-10-9-15-8-7-14(2)17(15)13-16/h9-10,13-14,18H,6-8,11-12H2,1-5H3/p+1. The highest BCUT2D eigenvalue weighted by Crippen LogP contribution is 2.41. The number of tetrazole rings is 1. The average Bonchev–Trinajstić information content (AvgIpc) is 3.13. The first-order valence-corrected chi connectivity index (χ1v) is 9.32. The van der Waals surface area contributed by atoms with Gasteiger partial charge in [0, 0.05) is 6.42 Å². The molecule has 3 rings (SSSR count). The number of fused-ring (bicyclic) bond motifs is 1. The molecule has 0 saturated carbocycles. The van der Waals surface area contributed by atoms with Gasteiger partial charge < -0.3 is 0 Å². The van der Waals surface area contributed by atoms with Gasteiger partial charge in [-0.25, -0.2) is 0 Å². The molecule has 0 amide bonds. The Morgan fingerprint density at radius 3 is 2.79 bits per heavy atom. The molecule has 1 heterocycles. The molecule has 1 aromatic heterocycles. The molecule has 4 nitrogen and oxygen atoms in total. The van der Waals surface area contributed by atoms with Crippen LogP contribution in [-0.4, -0.2) is 15.4 Å². The summed E-state index contributed by atoms with van der Waals surface area (Å²) in [7, 11) is 0. The lowest BCUT2D eigenvalue weighted by Gasteiger charge is -2.31. The Hall–Kier alpha value is -1.71. The maximum absolute atomic E-state index is 4.50. The first-order valence-electron chi connectivity index (χ1n) is 9.32. The van der Waals surface area contributed by atoms with E-state index in [0.29, 0.717) is 11.8 Å². The van der Waals surface area contributed by atoms with E-state index in [0.717, 1.165) is 25.2 Å². The molecule has 2 atom stereocenters. The molecule has 0 fully saturated rings. The van der Waals surface area contributed by atoms with Crippen LogP contribution in [0.2, 0.25) is 0 Å². The lowest BCUT2D eigenvalue weighted by atomic mass is 9.73. The van der Waals surface area contributed by atoms with Crippen LogP contribution in [0.5, 0.6) is 0 Å². The second-order valence-corrected chi connectivity index (χ2v) is 8.30. The Morgan fingerprint density at radius 2 is 2.12 bits per heavy atom. The van der Waals surface area contributed by atoms with Crippen molar-refractivity contribution in [3.63, 3.8) is 0 Å². The summed E-state index contributed by atoms with van der Waals surface area (Å²) in [6.45, 7) is 12.3. The molecule has 1 aliphatic carbocycles. The van der Waals surface area contributed by atoms with Gasteiger partial charge in [0.1, 0.15) is 6.54 Å². The molecule has 24 heavy (non-hydrogen) atoms. The molecular weight excluding hydrogens is 296 g/mol. The molecule has 0 aliphatic heterocycles. The van der Waals surface area contributed by atoms with Crippen molar-refractivity contribution in [1.29, 1.82) is 0 Å². The summed E-state index contributed by atoms with van der Waals surface area (Å²) >= 11 is 0. The Morgan fingerprint density at radius 1 is 1.33 bits per heavy atom. The van der Waals surface area contributed by atoms with E-state index in [2.05, 4.69) is 68.2 Å². The van der Waals surface area contributed by atoms with Gasteiger partial charge in [0.25, 0.3) is 0 Å². The molecule has 0 radical (unpaired) electrons. The molecule has 1 aliphatic rings. The number of aromatic nitrogens is 4. The van der Waals surface area contributed by atoms with E-state index < -0.39 is 0 Å². The normalized spacial score (nSPS) is 18.6. The molecule has 0 spiro atoms. The predicted molar refractivity (Wildman–Crippen MR) is 95.9 cm³/mol. The van der Waals surface area contributed by atoms with Crippen LogP contribution in [0, 0.1) is 5.41 Å². The van der Waals surface area contributed by atoms with Crippen molar-refractivity contribution in [1.82, 2.24) is 15.4 Å². The van der Waals surface area contributed by atoms with Gasteiger partial charge >= 0.3 is 5.82 Å². The van der Waals surface area contributed by atoms with Crippen LogP contribution in [-0.2, 0) is 19.4 Å². The number of hydrogen-bond acceptors (Lipinski definition) is 2. The lowest BCUT2D eigenvalue weighted by molar-refractivity contribution is -0.802. The molecule has 1 aromatic carbocycles. The van der Waals surface area contributed by atoms with Crippen molar-refractivity contribution >= 4 is 0 Å². The SMILES string of the molecule is CC[n+]1nc(CCC(c2ccc3c(c2)C(C)CC3)C(C)(C)C)n[nH]1. The summed E-state index contributed by atoms with van der Waals surface area (Å²) in [5.74, 6) is 2.14. The second kappa shape index (κ2) is 6.66. The third-order valence-electron chi connectivity index (χ3n) is 5.48. The number of aryl methyl sites for hydroxylation is 3. The molecule has 0 bridgehead atoms. The maximum Gasteiger partial charge on any atom is 0.308 e. The van der Waals surface area contributed by atoms with Gasteiger partial charge in [0.05, 0.1) is 5.10 Å². The fraction of sp³-hybridized carbons (Fsp3) is 0.650. The van der Waals surface area contributed by atoms with Gasteiger partial charge in [0.15, 0.2) is 0 Å². The van der Waals surface area contributed by atoms with E-state index in [1.54, 1.807) is 15.9 Å². The number of hydrogen-bond donors (Lipinski definition) is 1. The van der Waals surface area contributed by atoms with Gasteiger partial charge in [-0.2, -0.15) is 0 Å². The van der Waals surface area contributed by atoms with Crippen molar-refractivity contribution in [3.05, 3.63) is 40.7 Å². The Labute approximate surface area is 145 Å². The van der Waals surface area contributed by atoms with E-state index >= 15 is 0 Å². The number of nitrogens with one attached hydrogen (secondary N) is 1. The van der Waals surface area contributed by atoms with Gasteiger partial charge in [-0.1, -0.05) is 50.7 Å². The maximum atomic E-state index is 4.50. The van der Waals surface area contributed by atoms with Crippen LogP contribution >= 0.6 is 0 Å². The average molecular weight is 327 g/mol. The molecule has 1 N–H and O–H groups in total. The second-order valence-electron chi connectivity index (χ2n) is 8.30. The molecule has 2 aromatic rings. The van der Waals surface area contributed by atoms with E-state index in [-0.39, 0.29) is 5.41 Å². The molecular formula is C20H31N4+. The summed E-state index contributed by atoms with van der Waals surface area (Å²) in [6, 6.07) is 7.20. The topological polar surface area (TPSA) is 45.5 Å². The quantitative estimate of drug-likeness (QED) is 0.846. The zero-order valence-corrected chi connectivity index (χ0v) is 15.8. The van der Waals surface area contributed by atoms with Gasteiger partial charge in [-0.05, 0) is 70.4 Å². The lowest BCUT2D eigenvalue weighted by Crippen LogP contribution is -2.37. The van der Waals surface area contributed by atoms with E-state index in [1.807, 2.05) is 0 Å². The minimum absolute atomic E-state index is 0.229. The zero-order valence-electron chi connectivity index (χ0n) is 15.8. The van der Waals surface area contributed by atoms with Crippen LogP contribution in [0.1, 0.15) is 81.8 Å². The molecule has 130 valence electrons. The summed E-state index contributed by atoms with van der Waals surface area (Å²) in [6.07, 6.45) is 4.54. The summed E-state index contributed by atoms with van der Waals surface area (Å²) < 4.78 is 0. The summed E-state index contributed by atoms with van der Waals surface area (Å²) in [5.41, 5.74) is 4.84. The van der Waals surface area contributed by atoms with Crippen LogP contribution < -0.4 is 4.80 Å². The highest BCUT2D eigenvalue weighted by atomic mass is 15.6. The largest absolute Gasteiger partial charge is 0.308 e. The van der Waals surface area contributed by atoms with Crippen molar-refractivity contribution in [2.45, 2.75) is 78.7 Å². The Bertz CT molecular complexity index is 696. The molecule has 2 unspecified atom stereocenters. The number of aromatic amines is 1. The Kier molecular flexibility index (Phi) is 4.75. The van der Waals surface area contributed by atoms with E-state index in [4.69, 9.17) is 0 Å². The number of H-pyrrole nitrogens is 1. The molecule has 0 saturated heterocycles. The summed E-state index contributed by atoms with van der Waals surface area (Å²) in [5, 5.41) is 11.8. The Balaban J connectivity index is 1.81. The monoisotopic (exact) mass is 327 g/mol. The number of nitrogens with zero attached hydrogens (tertiary/aromatic N) is 3. The number of benzene rings is 1. The van der Waals surface area contributed by atoms with Crippen molar-refractivity contribution < 1.29 is 4.80 Å². The number of rotatable bonds is 5. The first-order chi connectivity index (χ1) is 11.4. The predicted octanol–water partition coefficient (Wildman–Crippen LogP) is 3.92. The van der Waals surface area contributed by atoms with Crippen LogP contribution in [0.3, 0.4) is 0 Å². The van der Waals surface area contributed by atoms with Gasteiger partial charge in [-0.15, -0.1) is 0 Å². The van der Waals surface area contributed by atoms with Crippen molar-refractivity contribution in [3.8, 4) is 0 Å². The fourth-order valence-electron chi connectivity index (χ4n) is 3.96. The first kappa shape index (κ1) is 17.1. The zero-order chi connectivity index (χ0) is 17.3. The van der Waals surface area contributed by atoms with Gasteiger partial charge in [0.2, 0.25) is 0 Å². The van der Waals surface area contributed by atoms with Crippen LogP contribution in [0.15, 0.2) is 18.2 Å². The highest BCUT2D eigenvalue weighted by Gasteiger charge is 2.29. The van der Waals surface area contributed by atoms with Crippen molar-refractivity contribution in [2.24, 2.45) is 5.41 Å². The van der Waals surface area contributed by atoms with E-state index in [9.17, 15) is 0 Å². The van der Waals surface area contributed by atoms with Crippen LogP contribution in [0.4, 0.5) is 0 Å². The minimum atomic E-state index is 0.229. The third-order valence-corrected chi connectivity index (χ3v) is 5.48. The third kappa shape index (κ3) is 3.52. The van der Waals surface area contributed by atoms with Gasteiger partial charge in [-0.3, -0.25) is 0 Å². The molecule has 4 heteroatoms. The van der Waals surface area contributed by atoms with Crippen LogP contribution in [0.25, 0.3) is 0 Å². The van der Waals surface area contributed by atoms with Crippen molar-refractivity contribution in [2.75, 3.05) is 0 Å². The highest BCUT2D eigenvalue weighted by molar-refractivity contribution is 5.39. The smallest absolute Gasteiger partial charge is 0.0624 e. The minimum Gasteiger partial charge on any atom is -0.0624 e. The fourth-order valence-corrected chi connectivity index (χ4v) is 3.96. The summed E-state index contributed by atoms with van der Waals surface area (Å²) in [4.78, 5) is 1.79. The van der Waals surface area contributed by atoms with E-state index in [1.165, 1.54) is 18.4 Å².